The average Bonchev–Trinajstić information content (AvgIpc) is 3.23. The van der Waals surface area contributed by atoms with Gasteiger partial charge in [0.1, 0.15) is 0 Å². The summed E-state index contributed by atoms with van der Waals surface area (Å²) in [4.78, 5) is 11.8. The zero-order chi connectivity index (χ0) is 16.7. The molecular formula is C18H15F3O2. The fraction of sp³-hybridized carbons (Fsp3) is 0.278. The molecule has 0 N–H and O–H groups in total. The molecule has 0 spiro atoms. The van der Waals surface area contributed by atoms with Crippen LogP contribution >= 0.6 is 0 Å². The zero-order valence-corrected chi connectivity index (χ0v) is 12.5. The molecule has 120 valence electrons. The quantitative estimate of drug-likeness (QED) is 0.764. The van der Waals surface area contributed by atoms with Gasteiger partial charge in [-0.1, -0.05) is 42.5 Å². The normalized spacial score (nSPS) is 22.3. The molecule has 5 heteroatoms. The van der Waals surface area contributed by atoms with Crippen LogP contribution in [0.1, 0.15) is 18.9 Å². The first-order valence-corrected chi connectivity index (χ1v) is 7.32. The summed E-state index contributed by atoms with van der Waals surface area (Å²) in [6.45, 7) is 1.43. The van der Waals surface area contributed by atoms with Crippen LogP contribution in [0, 0.1) is 5.41 Å². The molecule has 23 heavy (non-hydrogen) atoms. The Balaban J connectivity index is 1.97. The second kappa shape index (κ2) is 5.41. The highest BCUT2D eigenvalue weighted by atomic mass is 19.4. The second-order valence-corrected chi connectivity index (χ2v) is 5.58. The van der Waals surface area contributed by atoms with Crippen LogP contribution in [0.2, 0.25) is 0 Å². The van der Waals surface area contributed by atoms with E-state index in [1.165, 1.54) is 13.0 Å². The summed E-state index contributed by atoms with van der Waals surface area (Å²) in [6.07, 6.45) is -3.53. The predicted octanol–water partition coefficient (Wildman–Crippen LogP) is 4.74. The third-order valence-electron chi connectivity index (χ3n) is 4.10. The molecule has 1 aliphatic carbocycles. The van der Waals surface area contributed by atoms with Crippen LogP contribution in [-0.4, -0.2) is 18.8 Å². The highest BCUT2D eigenvalue weighted by molar-refractivity contribution is 5.91. The van der Waals surface area contributed by atoms with E-state index in [4.69, 9.17) is 0 Å². The molecule has 2 aromatic rings. The summed E-state index contributed by atoms with van der Waals surface area (Å²) in [5.74, 6) is -1.21. The van der Waals surface area contributed by atoms with Gasteiger partial charge in [0.05, 0.1) is 6.61 Å². The molecule has 0 bridgehead atoms. The van der Waals surface area contributed by atoms with Crippen molar-refractivity contribution in [2.24, 2.45) is 5.41 Å². The lowest BCUT2D eigenvalue weighted by atomic mass is 10.0. The maximum absolute atomic E-state index is 13.3. The van der Waals surface area contributed by atoms with Gasteiger partial charge in [-0.3, -0.25) is 4.79 Å². The third kappa shape index (κ3) is 2.60. The molecule has 1 unspecified atom stereocenters. The minimum Gasteiger partial charge on any atom is -0.465 e. The zero-order valence-electron chi connectivity index (χ0n) is 12.5. The van der Waals surface area contributed by atoms with E-state index in [1.54, 1.807) is 6.07 Å². The molecule has 0 radical (unpaired) electrons. The number of carbonyl (C=O) groups excluding carboxylic acids is 1. The van der Waals surface area contributed by atoms with E-state index in [9.17, 15) is 18.0 Å². The van der Waals surface area contributed by atoms with Crippen molar-refractivity contribution < 1.29 is 22.7 Å². The van der Waals surface area contributed by atoms with Crippen LogP contribution < -0.4 is 0 Å². The number of alkyl halides is 3. The summed E-state index contributed by atoms with van der Waals surface area (Å²) < 4.78 is 44.6. The molecule has 0 saturated heterocycles. The Bertz CT molecular complexity index is 792. The van der Waals surface area contributed by atoms with Crippen molar-refractivity contribution in [3.63, 3.8) is 0 Å². The van der Waals surface area contributed by atoms with Crippen LogP contribution in [0.3, 0.4) is 0 Å². The van der Waals surface area contributed by atoms with Gasteiger partial charge in [-0.15, -0.1) is 0 Å². The number of benzene rings is 2. The second-order valence-electron chi connectivity index (χ2n) is 5.58. The van der Waals surface area contributed by atoms with E-state index in [-0.39, 0.29) is 18.6 Å². The predicted molar refractivity (Wildman–Crippen MR) is 81.7 cm³/mol. The van der Waals surface area contributed by atoms with Crippen LogP contribution in [0.25, 0.3) is 16.8 Å². The van der Waals surface area contributed by atoms with E-state index in [1.807, 2.05) is 36.4 Å². The third-order valence-corrected chi connectivity index (χ3v) is 4.10. The number of halogens is 3. The fourth-order valence-electron chi connectivity index (χ4n) is 2.77. The molecule has 0 aromatic heterocycles. The summed E-state index contributed by atoms with van der Waals surface area (Å²) >= 11 is 0. The first kappa shape index (κ1) is 15.6. The largest absolute Gasteiger partial charge is 0.465 e. The highest BCUT2D eigenvalue weighted by Crippen LogP contribution is 2.63. The number of hydrogen-bond acceptors (Lipinski definition) is 2. The number of carbonyl (C=O) groups is 1. The summed E-state index contributed by atoms with van der Waals surface area (Å²) in [5, 5.41) is 1.95. The van der Waals surface area contributed by atoms with Crippen molar-refractivity contribution in [1.29, 1.82) is 0 Å². The number of hydrogen-bond donors (Lipinski definition) is 0. The Hall–Kier alpha value is -2.30. The Labute approximate surface area is 131 Å². The smallest absolute Gasteiger partial charge is 0.408 e. The number of rotatable bonds is 3. The molecule has 2 aromatic carbocycles. The van der Waals surface area contributed by atoms with Crippen molar-refractivity contribution in [2.45, 2.75) is 19.5 Å². The van der Waals surface area contributed by atoms with Gasteiger partial charge in [0, 0.05) is 0 Å². The molecular weight excluding hydrogens is 305 g/mol. The van der Waals surface area contributed by atoms with Gasteiger partial charge in [-0.25, -0.2) is 0 Å². The van der Waals surface area contributed by atoms with Crippen LogP contribution in [0.4, 0.5) is 13.2 Å². The Morgan fingerprint density at radius 3 is 2.57 bits per heavy atom. The molecule has 1 aliphatic rings. The molecule has 0 heterocycles. The number of esters is 1. The highest BCUT2D eigenvalue weighted by Gasteiger charge is 2.73. The molecule has 0 aliphatic heterocycles. The first-order valence-electron chi connectivity index (χ1n) is 7.32. The van der Waals surface area contributed by atoms with E-state index in [0.29, 0.717) is 5.56 Å². The topological polar surface area (TPSA) is 26.3 Å². The van der Waals surface area contributed by atoms with E-state index >= 15 is 0 Å². The Kier molecular flexibility index (Phi) is 3.66. The van der Waals surface area contributed by atoms with Crippen LogP contribution in [0.15, 0.2) is 48.0 Å². The van der Waals surface area contributed by atoms with Crippen molar-refractivity contribution >= 4 is 22.8 Å². The molecule has 0 amide bonds. The van der Waals surface area contributed by atoms with Crippen LogP contribution in [-0.2, 0) is 9.53 Å². The monoisotopic (exact) mass is 320 g/mol. The lowest BCUT2D eigenvalue weighted by Gasteiger charge is -2.17. The van der Waals surface area contributed by atoms with E-state index < -0.39 is 17.6 Å². The average molecular weight is 320 g/mol. The Morgan fingerprint density at radius 1 is 1.22 bits per heavy atom. The van der Waals surface area contributed by atoms with Gasteiger partial charge >= 0.3 is 12.1 Å². The lowest BCUT2D eigenvalue weighted by Crippen LogP contribution is -2.34. The van der Waals surface area contributed by atoms with E-state index in [0.717, 1.165) is 10.8 Å². The van der Waals surface area contributed by atoms with Crippen LogP contribution in [0.5, 0.6) is 0 Å². The Morgan fingerprint density at radius 2 is 1.91 bits per heavy atom. The molecule has 2 nitrogen and oxygen atoms in total. The molecule has 3 rings (SSSR count). The number of fused-ring (bicyclic) bond motifs is 1. The van der Waals surface area contributed by atoms with Gasteiger partial charge in [0.2, 0.25) is 0 Å². The summed E-state index contributed by atoms with van der Waals surface area (Å²) in [6, 6.07) is 13.0. The van der Waals surface area contributed by atoms with E-state index in [2.05, 4.69) is 4.74 Å². The fourth-order valence-corrected chi connectivity index (χ4v) is 2.77. The van der Waals surface area contributed by atoms with Gasteiger partial charge in [-0.05, 0) is 41.3 Å². The van der Waals surface area contributed by atoms with Gasteiger partial charge in [0.25, 0.3) is 0 Å². The molecule has 1 atom stereocenters. The molecule has 1 fully saturated rings. The minimum absolute atomic E-state index is 0.0544. The van der Waals surface area contributed by atoms with Crippen molar-refractivity contribution in [2.75, 3.05) is 6.61 Å². The lowest BCUT2D eigenvalue weighted by molar-refractivity contribution is -0.202. The maximum atomic E-state index is 13.3. The van der Waals surface area contributed by atoms with Crippen molar-refractivity contribution in [3.05, 3.63) is 53.6 Å². The maximum Gasteiger partial charge on any atom is 0.408 e. The van der Waals surface area contributed by atoms with Crippen molar-refractivity contribution in [3.8, 4) is 0 Å². The molecule has 1 saturated carbocycles. The standard InChI is InChI=1S/C18H15F3O2/c1-2-23-16(22)17(18(19,20)21)11-15(17)10-12-7-8-13-5-3-4-6-14(13)9-12/h3-10H,2,11H2,1H3/b15-10+. The first-order chi connectivity index (χ1) is 10.9. The minimum atomic E-state index is -4.64. The van der Waals surface area contributed by atoms with Gasteiger partial charge in [0.15, 0.2) is 5.41 Å². The van der Waals surface area contributed by atoms with Gasteiger partial charge < -0.3 is 4.74 Å². The van der Waals surface area contributed by atoms with Gasteiger partial charge in [-0.2, -0.15) is 13.2 Å². The summed E-state index contributed by atoms with van der Waals surface area (Å²) in [5.41, 5.74) is -1.76. The number of ether oxygens (including phenoxy) is 1. The SMILES string of the molecule is CCOC(=O)C1(C(F)(F)F)C/C1=C\c1ccc2ccccc2c1. The van der Waals surface area contributed by atoms with Crippen molar-refractivity contribution in [1.82, 2.24) is 0 Å². The summed E-state index contributed by atoms with van der Waals surface area (Å²) in [7, 11) is 0.